The Morgan fingerprint density at radius 1 is 1.11 bits per heavy atom. The molecule has 0 radical (unpaired) electrons. The minimum atomic E-state index is 0.568. The summed E-state index contributed by atoms with van der Waals surface area (Å²) in [6, 6.07) is 9.79. The number of benzene rings is 1. The van der Waals surface area contributed by atoms with Crippen LogP contribution in [0.3, 0.4) is 0 Å². The van der Waals surface area contributed by atoms with Crippen LogP contribution >= 0.6 is 0 Å². The molecule has 0 bridgehead atoms. The van der Waals surface area contributed by atoms with Crippen molar-refractivity contribution < 1.29 is 13.9 Å². The molecule has 0 saturated heterocycles. The van der Waals surface area contributed by atoms with Crippen LogP contribution in [0.15, 0.2) is 47.3 Å². The van der Waals surface area contributed by atoms with Crippen LogP contribution in [0.1, 0.15) is 5.56 Å². The van der Waals surface area contributed by atoms with Crippen molar-refractivity contribution in [2.45, 2.75) is 6.54 Å². The second-order valence-electron chi connectivity index (χ2n) is 3.85. The van der Waals surface area contributed by atoms with Crippen LogP contribution in [0.25, 0.3) is 0 Å². The lowest BCUT2D eigenvalue weighted by Gasteiger charge is -2.08. The van der Waals surface area contributed by atoms with Gasteiger partial charge in [0.05, 0.1) is 19.1 Å². The molecule has 0 saturated carbocycles. The van der Waals surface area contributed by atoms with E-state index in [-0.39, 0.29) is 0 Å². The highest BCUT2D eigenvalue weighted by molar-refractivity contribution is 5.46. The molecule has 0 aliphatic rings. The Balaban J connectivity index is 1.80. The smallest absolute Gasteiger partial charge is 0.119 e. The summed E-state index contributed by atoms with van der Waals surface area (Å²) in [6.45, 7) is 1.92. The Kier molecular flexibility index (Phi) is 4.67. The van der Waals surface area contributed by atoms with Crippen molar-refractivity contribution in [1.82, 2.24) is 0 Å². The molecule has 0 atom stereocenters. The molecule has 0 fully saturated rings. The van der Waals surface area contributed by atoms with Crippen LogP contribution in [0.5, 0.6) is 5.75 Å². The summed E-state index contributed by atoms with van der Waals surface area (Å²) < 4.78 is 15.4. The van der Waals surface area contributed by atoms with Gasteiger partial charge in [-0.05, 0) is 30.3 Å². The highest BCUT2D eigenvalue weighted by Gasteiger charge is 1.97. The lowest BCUT2D eigenvalue weighted by molar-refractivity contribution is 0.146. The van der Waals surface area contributed by atoms with Gasteiger partial charge < -0.3 is 19.2 Å². The maximum Gasteiger partial charge on any atom is 0.119 e. The van der Waals surface area contributed by atoms with Crippen molar-refractivity contribution in [3.63, 3.8) is 0 Å². The molecule has 2 rings (SSSR count). The second kappa shape index (κ2) is 6.71. The highest BCUT2D eigenvalue weighted by atomic mass is 16.5. The van der Waals surface area contributed by atoms with Crippen LogP contribution in [-0.2, 0) is 11.3 Å². The van der Waals surface area contributed by atoms with Gasteiger partial charge in [0.15, 0.2) is 0 Å². The van der Waals surface area contributed by atoms with Crippen LogP contribution in [0.2, 0.25) is 0 Å². The number of methoxy groups -OCH3 is 1. The Labute approximate surface area is 107 Å². The molecule has 1 N–H and O–H groups in total. The fraction of sp³-hybridized carbons (Fsp3) is 0.286. The number of anilines is 1. The van der Waals surface area contributed by atoms with Crippen molar-refractivity contribution in [3.05, 3.63) is 48.4 Å². The highest BCUT2D eigenvalue weighted by Crippen LogP contribution is 2.16. The van der Waals surface area contributed by atoms with Gasteiger partial charge in [0.25, 0.3) is 0 Å². The lowest BCUT2D eigenvalue weighted by Crippen LogP contribution is -2.04. The fourth-order valence-electron chi connectivity index (χ4n) is 1.51. The van der Waals surface area contributed by atoms with Gasteiger partial charge in [0.1, 0.15) is 12.4 Å². The van der Waals surface area contributed by atoms with Crippen LogP contribution < -0.4 is 10.1 Å². The first kappa shape index (κ1) is 12.5. The predicted molar refractivity (Wildman–Crippen MR) is 69.8 cm³/mol. The summed E-state index contributed by atoms with van der Waals surface area (Å²) in [5.74, 6) is 0.848. The van der Waals surface area contributed by atoms with Crippen LogP contribution in [0.4, 0.5) is 5.69 Å². The number of rotatable bonds is 7. The average Bonchev–Trinajstić information content (AvgIpc) is 2.91. The van der Waals surface area contributed by atoms with E-state index in [1.165, 1.54) is 0 Å². The van der Waals surface area contributed by atoms with E-state index in [0.29, 0.717) is 13.2 Å². The van der Waals surface area contributed by atoms with Crippen LogP contribution in [0, 0.1) is 0 Å². The van der Waals surface area contributed by atoms with Gasteiger partial charge in [-0.3, -0.25) is 0 Å². The molecule has 0 aliphatic carbocycles. The summed E-state index contributed by atoms with van der Waals surface area (Å²) in [6.07, 6.45) is 3.40. The fourth-order valence-corrected chi connectivity index (χ4v) is 1.51. The van der Waals surface area contributed by atoms with E-state index in [2.05, 4.69) is 5.32 Å². The molecular formula is C14H17NO3. The molecule has 0 amide bonds. The third kappa shape index (κ3) is 3.82. The van der Waals surface area contributed by atoms with Gasteiger partial charge in [-0.1, -0.05) is 0 Å². The molecular weight excluding hydrogens is 230 g/mol. The topological polar surface area (TPSA) is 43.6 Å². The molecule has 1 heterocycles. The van der Waals surface area contributed by atoms with Crippen molar-refractivity contribution in [3.8, 4) is 5.75 Å². The molecule has 0 unspecified atom stereocenters. The van der Waals surface area contributed by atoms with E-state index < -0.39 is 0 Å². The monoisotopic (exact) mass is 247 g/mol. The Hall–Kier alpha value is -1.94. The predicted octanol–water partition coefficient (Wildman–Crippen LogP) is 2.92. The van der Waals surface area contributed by atoms with Gasteiger partial charge >= 0.3 is 0 Å². The van der Waals surface area contributed by atoms with Gasteiger partial charge in [0, 0.05) is 24.9 Å². The van der Waals surface area contributed by atoms with E-state index in [1.807, 2.05) is 30.3 Å². The Bertz CT molecular complexity index is 437. The zero-order valence-corrected chi connectivity index (χ0v) is 10.4. The van der Waals surface area contributed by atoms with E-state index in [9.17, 15) is 0 Å². The first-order valence-electron chi connectivity index (χ1n) is 5.85. The largest absolute Gasteiger partial charge is 0.491 e. The molecule has 0 spiro atoms. The molecule has 4 heteroatoms. The normalized spacial score (nSPS) is 10.3. The SMILES string of the molecule is COCCOc1ccc(NCc2ccoc2)cc1. The summed E-state index contributed by atoms with van der Waals surface area (Å²) >= 11 is 0. The van der Waals surface area contributed by atoms with Crippen molar-refractivity contribution in [2.75, 3.05) is 25.6 Å². The Morgan fingerprint density at radius 3 is 2.61 bits per heavy atom. The molecule has 1 aromatic heterocycles. The summed E-state index contributed by atoms with van der Waals surface area (Å²) in [7, 11) is 1.66. The first-order chi connectivity index (χ1) is 8.88. The number of nitrogens with one attached hydrogen (secondary N) is 1. The summed E-state index contributed by atoms with van der Waals surface area (Å²) in [4.78, 5) is 0. The third-order valence-electron chi connectivity index (χ3n) is 2.49. The van der Waals surface area contributed by atoms with Gasteiger partial charge in [-0.2, -0.15) is 0 Å². The van der Waals surface area contributed by atoms with Gasteiger partial charge in [-0.25, -0.2) is 0 Å². The zero-order valence-electron chi connectivity index (χ0n) is 10.4. The Morgan fingerprint density at radius 2 is 1.94 bits per heavy atom. The maximum absolute atomic E-state index is 5.48. The minimum Gasteiger partial charge on any atom is -0.491 e. The molecule has 4 nitrogen and oxygen atoms in total. The maximum atomic E-state index is 5.48. The van der Waals surface area contributed by atoms with E-state index >= 15 is 0 Å². The summed E-state index contributed by atoms with van der Waals surface area (Å²) in [5.41, 5.74) is 2.17. The first-order valence-corrected chi connectivity index (χ1v) is 5.85. The molecule has 18 heavy (non-hydrogen) atoms. The third-order valence-corrected chi connectivity index (χ3v) is 2.49. The van der Waals surface area contributed by atoms with E-state index in [0.717, 1.165) is 23.5 Å². The quantitative estimate of drug-likeness (QED) is 0.764. The molecule has 0 aliphatic heterocycles. The van der Waals surface area contributed by atoms with Crippen LogP contribution in [-0.4, -0.2) is 20.3 Å². The number of furan rings is 1. The van der Waals surface area contributed by atoms with Gasteiger partial charge in [0.2, 0.25) is 0 Å². The molecule has 2 aromatic rings. The van der Waals surface area contributed by atoms with Crippen molar-refractivity contribution in [1.29, 1.82) is 0 Å². The van der Waals surface area contributed by atoms with Crippen molar-refractivity contribution in [2.24, 2.45) is 0 Å². The standard InChI is InChI=1S/C14H17NO3/c1-16-8-9-18-14-4-2-13(3-5-14)15-10-12-6-7-17-11-12/h2-7,11,15H,8-10H2,1H3. The zero-order chi connectivity index (χ0) is 12.6. The van der Waals surface area contributed by atoms with Crippen molar-refractivity contribution >= 4 is 5.69 Å². The average molecular weight is 247 g/mol. The number of hydrogen-bond acceptors (Lipinski definition) is 4. The minimum absolute atomic E-state index is 0.568. The second-order valence-corrected chi connectivity index (χ2v) is 3.85. The van der Waals surface area contributed by atoms with E-state index in [4.69, 9.17) is 13.9 Å². The van der Waals surface area contributed by atoms with Gasteiger partial charge in [-0.15, -0.1) is 0 Å². The number of ether oxygens (including phenoxy) is 2. The molecule has 1 aromatic carbocycles. The number of hydrogen-bond donors (Lipinski definition) is 1. The summed E-state index contributed by atoms with van der Waals surface area (Å²) in [5, 5.41) is 3.30. The lowest BCUT2D eigenvalue weighted by atomic mass is 10.3. The van der Waals surface area contributed by atoms with E-state index in [1.54, 1.807) is 19.6 Å². The molecule has 96 valence electrons.